The molecule has 5 nitrogen and oxygen atoms in total. The molecule has 142 valence electrons. The lowest BCUT2D eigenvalue weighted by molar-refractivity contribution is -0.122. The molecule has 0 aliphatic carbocycles. The predicted molar refractivity (Wildman–Crippen MR) is 101 cm³/mol. The Bertz CT molecular complexity index is 803. The Morgan fingerprint density at radius 2 is 1.56 bits per heavy atom. The first-order valence-electron chi connectivity index (χ1n) is 8.82. The maximum Gasteiger partial charge on any atom is 0.224 e. The van der Waals surface area contributed by atoms with E-state index in [4.69, 9.17) is 0 Å². The molecule has 2 amide bonds. The van der Waals surface area contributed by atoms with Gasteiger partial charge in [0.25, 0.3) is 0 Å². The topological polar surface area (TPSA) is 75.3 Å². The van der Waals surface area contributed by atoms with Gasteiger partial charge in [-0.3, -0.25) is 14.4 Å². The van der Waals surface area contributed by atoms with Crippen LogP contribution in [0.1, 0.15) is 34.3 Å². The summed E-state index contributed by atoms with van der Waals surface area (Å²) in [6.07, 6.45) is 0.321. The Balaban J connectivity index is 1.61. The van der Waals surface area contributed by atoms with Crippen molar-refractivity contribution in [1.82, 2.24) is 10.6 Å². The maximum atomic E-state index is 13.1. The second-order valence-corrected chi connectivity index (χ2v) is 6.30. The van der Waals surface area contributed by atoms with Crippen LogP contribution in [0, 0.1) is 12.7 Å². The molecule has 0 fully saturated rings. The number of amides is 2. The lowest BCUT2D eigenvalue weighted by Crippen LogP contribution is -2.35. The van der Waals surface area contributed by atoms with E-state index in [0.717, 1.165) is 5.56 Å². The van der Waals surface area contributed by atoms with Crippen molar-refractivity contribution in [1.29, 1.82) is 0 Å². The van der Waals surface area contributed by atoms with E-state index in [1.165, 1.54) is 12.1 Å². The van der Waals surface area contributed by atoms with E-state index in [1.54, 1.807) is 24.3 Å². The summed E-state index contributed by atoms with van der Waals surface area (Å²) < 4.78 is 13.1. The molecule has 0 saturated heterocycles. The number of aryl methyl sites for hydroxylation is 1. The average molecular weight is 370 g/mol. The van der Waals surface area contributed by atoms with Crippen molar-refractivity contribution in [2.24, 2.45) is 0 Å². The molecule has 0 spiro atoms. The minimum absolute atomic E-state index is 0.0754. The summed E-state index contributed by atoms with van der Waals surface area (Å²) in [6.45, 7) is 2.48. The lowest BCUT2D eigenvalue weighted by atomic mass is 10.1. The summed E-state index contributed by atoms with van der Waals surface area (Å²) in [5.74, 6) is -0.944. The molecule has 0 unspecified atom stereocenters. The summed E-state index contributed by atoms with van der Waals surface area (Å²) in [5.41, 5.74) is 2.26. The van der Waals surface area contributed by atoms with Crippen molar-refractivity contribution >= 4 is 17.6 Å². The molecule has 0 aromatic heterocycles. The van der Waals surface area contributed by atoms with Gasteiger partial charge in [-0.1, -0.05) is 42.0 Å². The van der Waals surface area contributed by atoms with E-state index >= 15 is 0 Å². The summed E-state index contributed by atoms with van der Waals surface area (Å²) >= 11 is 0. The molecule has 6 heteroatoms. The molecule has 0 bridgehead atoms. The number of carbonyl (C=O) groups excluding carboxylic acids is 3. The third kappa shape index (κ3) is 7.40. The normalized spacial score (nSPS) is 10.3. The summed E-state index contributed by atoms with van der Waals surface area (Å²) in [4.78, 5) is 35.6. The van der Waals surface area contributed by atoms with Crippen LogP contribution in [0.3, 0.4) is 0 Å². The van der Waals surface area contributed by atoms with Gasteiger partial charge in [0.1, 0.15) is 5.82 Å². The zero-order chi connectivity index (χ0) is 19.6. The minimum Gasteiger partial charge on any atom is -0.354 e. The lowest BCUT2D eigenvalue weighted by Gasteiger charge is -2.07. The first kappa shape index (κ1) is 20.3. The number of carbonyl (C=O) groups is 3. The summed E-state index contributed by atoms with van der Waals surface area (Å²) in [5, 5.41) is 5.32. The van der Waals surface area contributed by atoms with Gasteiger partial charge in [0.15, 0.2) is 5.78 Å². The highest BCUT2D eigenvalue weighted by molar-refractivity contribution is 5.97. The number of Topliss-reactive ketones (excluding diaryl/α,β-unsaturated/α-hetero) is 1. The third-order valence-electron chi connectivity index (χ3n) is 3.98. The van der Waals surface area contributed by atoms with Gasteiger partial charge < -0.3 is 10.6 Å². The predicted octanol–water partition coefficient (Wildman–Crippen LogP) is 2.57. The summed E-state index contributed by atoms with van der Waals surface area (Å²) in [7, 11) is 0. The number of nitrogens with one attached hydrogen (secondary N) is 2. The number of benzene rings is 2. The van der Waals surface area contributed by atoms with E-state index in [-0.39, 0.29) is 55.8 Å². The van der Waals surface area contributed by atoms with Crippen LogP contribution >= 0.6 is 0 Å². The highest BCUT2D eigenvalue weighted by Gasteiger charge is 2.09. The van der Waals surface area contributed by atoms with Crippen LogP contribution in [0.5, 0.6) is 0 Å². The molecule has 2 aromatic rings. The number of ketones is 1. The third-order valence-corrected chi connectivity index (χ3v) is 3.98. The van der Waals surface area contributed by atoms with Crippen LogP contribution in [0.4, 0.5) is 4.39 Å². The number of hydrogen-bond donors (Lipinski definition) is 2. The SMILES string of the molecule is Cc1ccc(C(=O)CCC(=O)NCCNC(=O)Cc2cccc(F)c2)cc1. The van der Waals surface area contributed by atoms with Gasteiger partial charge in [0, 0.05) is 31.5 Å². The quantitative estimate of drug-likeness (QED) is 0.526. The molecule has 2 aromatic carbocycles. The number of hydrogen-bond acceptors (Lipinski definition) is 3. The molecule has 0 aliphatic heterocycles. The molecule has 2 N–H and O–H groups in total. The van der Waals surface area contributed by atoms with Crippen molar-refractivity contribution in [2.75, 3.05) is 13.1 Å². The van der Waals surface area contributed by atoms with Crippen LogP contribution < -0.4 is 10.6 Å². The molecule has 0 radical (unpaired) electrons. The highest BCUT2D eigenvalue weighted by atomic mass is 19.1. The van der Waals surface area contributed by atoms with Gasteiger partial charge in [0.05, 0.1) is 6.42 Å². The Morgan fingerprint density at radius 1 is 0.889 bits per heavy atom. The molecule has 2 rings (SSSR count). The molecule has 0 saturated carbocycles. The second kappa shape index (κ2) is 10.2. The Morgan fingerprint density at radius 3 is 2.22 bits per heavy atom. The first-order valence-corrected chi connectivity index (χ1v) is 8.82. The standard InChI is InChI=1S/C21H23FN2O3/c1-15-5-7-17(8-6-15)19(25)9-10-20(26)23-11-12-24-21(27)14-16-3-2-4-18(22)13-16/h2-8,13H,9-12,14H2,1H3,(H,23,26)(H,24,27). The largest absolute Gasteiger partial charge is 0.354 e. The zero-order valence-electron chi connectivity index (χ0n) is 15.3. The fraction of sp³-hybridized carbons (Fsp3) is 0.286. The smallest absolute Gasteiger partial charge is 0.224 e. The van der Waals surface area contributed by atoms with Crippen molar-refractivity contribution in [3.8, 4) is 0 Å². The average Bonchev–Trinajstić information content (AvgIpc) is 2.64. The van der Waals surface area contributed by atoms with E-state index in [0.29, 0.717) is 11.1 Å². The van der Waals surface area contributed by atoms with Crippen molar-refractivity contribution < 1.29 is 18.8 Å². The van der Waals surface area contributed by atoms with Gasteiger partial charge >= 0.3 is 0 Å². The number of halogens is 1. The van der Waals surface area contributed by atoms with Crippen LogP contribution in [0.2, 0.25) is 0 Å². The maximum absolute atomic E-state index is 13.1. The monoisotopic (exact) mass is 370 g/mol. The van der Waals surface area contributed by atoms with E-state index < -0.39 is 0 Å². The molecular formula is C21H23FN2O3. The highest BCUT2D eigenvalue weighted by Crippen LogP contribution is 2.07. The van der Waals surface area contributed by atoms with Crippen molar-refractivity contribution in [3.05, 3.63) is 71.0 Å². The molecule has 0 atom stereocenters. The van der Waals surface area contributed by atoms with Gasteiger partial charge in [-0.2, -0.15) is 0 Å². The van der Waals surface area contributed by atoms with Crippen molar-refractivity contribution in [3.63, 3.8) is 0 Å². The van der Waals surface area contributed by atoms with Gasteiger partial charge in [0.2, 0.25) is 11.8 Å². The molecule has 27 heavy (non-hydrogen) atoms. The van der Waals surface area contributed by atoms with Gasteiger partial charge in [-0.25, -0.2) is 4.39 Å². The number of rotatable bonds is 9. The molecule has 0 heterocycles. The Kier molecular flexibility index (Phi) is 7.67. The van der Waals surface area contributed by atoms with Gasteiger partial charge in [-0.05, 0) is 24.6 Å². The first-order chi connectivity index (χ1) is 12.9. The van der Waals surface area contributed by atoms with Crippen molar-refractivity contribution in [2.45, 2.75) is 26.2 Å². The van der Waals surface area contributed by atoms with Crippen LogP contribution in [0.25, 0.3) is 0 Å². The molecule has 0 aliphatic rings. The fourth-order valence-electron chi connectivity index (χ4n) is 2.50. The Hall–Kier alpha value is -3.02. The second-order valence-electron chi connectivity index (χ2n) is 6.30. The minimum atomic E-state index is -0.382. The van der Waals surface area contributed by atoms with E-state index in [9.17, 15) is 18.8 Å². The van der Waals surface area contributed by atoms with Crippen LogP contribution in [0.15, 0.2) is 48.5 Å². The molecular weight excluding hydrogens is 347 g/mol. The Labute approximate surface area is 158 Å². The van der Waals surface area contributed by atoms with E-state index in [1.807, 2.05) is 19.1 Å². The van der Waals surface area contributed by atoms with Crippen LogP contribution in [-0.4, -0.2) is 30.7 Å². The zero-order valence-corrected chi connectivity index (χ0v) is 15.3. The fourth-order valence-corrected chi connectivity index (χ4v) is 2.50. The summed E-state index contributed by atoms with van der Waals surface area (Å²) in [6, 6.07) is 13.1. The van der Waals surface area contributed by atoms with Gasteiger partial charge in [-0.15, -0.1) is 0 Å². The van der Waals surface area contributed by atoms with Crippen LogP contribution in [-0.2, 0) is 16.0 Å². The van der Waals surface area contributed by atoms with E-state index in [2.05, 4.69) is 10.6 Å².